The van der Waals surface area contributed by atoms with E-state index in [2.05, 4.69) is 19.2 Å². The summed E-state index contributed by atoms with van der Waals surface area (Å²) < 4.78 is 0. The highest BCUT2D eigenvalue weighted by atomic mass is 15.1. The van der Waals surface area contributed by atoms with Crippen molar-refractivity contribution in [3.63, 3.8) is 0 Å². The average molecular weight is 181 g/mol. The molecule has 0 aliphatic carbocycles. The van der Waals surface area contributed by atoms with Crippen molar-refractivity contribution in [1.29, 1.82) is 0 Å². The molecule has 2 rings (SSSR count). The molecule has 0 radical (unpaired) electrons. The maximum absolute atomic E-state index is 3.89. The Morgan fingerprint density at radius 2 is 1.15 bits per heavy atom. The molecule has 0 spiro atoms. The molecule has 2 fully saturated rings. The molecule has 0 aromatic heterocycles. The monoisotopic (exact) mass is 181 g/mol. The molecule has 2 saturated heterocycles. The Bertz CT molecular complexity index is 170. The zero-order valence-electron chi connectivity index (χ0n) is 9.16. The van der Waals surface area contributed by atoms with Gasteiger partial charge in [-0.1, -0.05) is 25.7 Å². The maximum atomic E-state index is 3.89. The SMILES string of the molecule is CC12CCCCCCC(C)(CC1)N2. The van der Waals surface area contributed by atoms with E-state index in [1.165, 1.54) is 51.4 Å². The van der Waals surface area contributed by atoms with Gasteiger partial charge in [-0.2, -0.15) is 0 Å². The molecule has 76 valence electrons. The third-order valence-corrected chi connectivity index (χ3v) is 4.04. The minimum atomic E-state index is 0.471. The van der Waals surface area contributed by atoms with E-state index in [0.29, 0.717) is 11.1 Å². The fraction of sp³-hybridized carbons (Fsp3) is 1.00. The van der Waals surface area contributed by atoms with Crippen molar-refractivity contribution < 1.29 is 0 Å². The number of nitrogens with one attached hydrogen (secondary N) is 1. The first-order valence-corrected chi connectivity index (χ1v) is 5.91. The van der Waals surface area contributed by atoms with E-state index in [1.807, 2.05) is 0 Å². The van der Waals surface area contributed by atoms with Crippen LogP contribution in [0.3, 0.4) is 0 Å². The summed E-state index contributed by atoms with van der Waals surface area (Å²) in [7, 11) is 0. The van der Waals surface area contributed by atoms with Gasteiger partial charge in [0.2, 0.25) is 0 Å². The molecule has 1 N–H and O–H groups in total. The smallest absolute Gasteiger partial charge is 0.0159 e. The lowest BCUT2D eigenvalue weighted by atomic mass is 9.89. The van der Waals surface area contributed by atoms with E-state index in [-0.39, 0.29) is 0 Å². The quantitative estimate of drug-likeness (QED) is 0.605. The van der Waals surface area contributed by atoms with E-state index >= 15 is 0 Å². The summed E-state index contributed by atoms with van der Waals surface area (Å²) in [5, 5.41) is 3.89. The number of hydrogen-bond donors (Lipinski definition) is 1. The first-order valence-electron chi connectivity index (χ1n) is 5.91. The Morgan fingerprint density at radius 3 is 1.62 bits per heavy atom. The molecule has 1 nitrogen and oxygen atoms in total. The average Bonchev–Trinajstić information content (AvgIpc) is 2.39. The van der Waals surface area contributed by atoms with Crippen LogP contribution in [0.4, 0.5) is 0 Å². The Labute approximate surface area is 82.3 Å². The first kappa shape index (κ1) is 9.51. The first-order chi connectivity index (χ1) is 6.12. The highest BCUT2D eigenvalue weighted by molar-refractivity contribution is 5.02. The second-order valence-electron chi connectivity index (χ2n) is 5.66. The fourth-order valence-corrected chi connectivity index (χ4v) is 3.16. The van der Waals surface area contributed by atoms with Crippen LogP contribution in [0.2, 0.25) is 0 Å². The molecule has 13 heavy (non-hydrogen) atoms. The summed E-state index contributed by atoms with van der Waals surface area (Å²) >= 11 is 0. The van der Waals surface area contributed by atoms with Crippen LogP contribution < -0.4 is 5.32 Å². The van der Waals surface area contributed by atoms with Gasteiger partial charge in [0.15, 0.2) is 0 Å². The topological polar surface area (TPSA) is 12.0 Å². The molecule has 2 aliphatic heterocycles. The minimum absolute atomic E-state index is 0.471. The molecular weight excluding hydrogens is 158 g/mol. The molecule has 0 amide bonds. The van der Waals surface area contributed by atoms with Crippen molar-refractivity contribution in [2.24, 2.45) is 0 Å². The van der Waals surface area contributed by atoms with Crippen molar-refractivity contribution in [3.05, 3.63) is 0 Å². The molecule has 2 heterocycles. The van der Waals surface area contributed by atoms with Crippen LogP contribution in [0, 0.1) is 0 Å². The lowest BCUT2D eigenvalue weighted by Crippen LogP contribution is -2.46. The second kappa shape index (κ2) is 3.27. The Balaban J connectivity index is 2.08. The van der Waals surface area contributed by atoms with E-state index in [4.69, 9.17) is 0 Å². The van der Waals surface area contributed by atoms with E-state index in [1.54, 1.807) is 0 Å². The van der Waals surface area contributed by atoms with Gasteiger partial charge in [-0.3, -0.25) is 0 Å². The largest absolute Gasteiger partial charge is 0.306 e. The third kappa shape index (κ3) is 2.07. The lowest BCUT2D eigenvalue weighted by Gasteiger charge is -2.30. The van der Waals surface area contributed by atoms with Crippen LogP contribution in [0.15, 0.2) is 0 Å². The van der Waals surface area contributed by atoms with E-state index < -0.39 is 0 Å². The molecule has 0 aromatic rings. The number of hydrogen-bond acceptors (Lipinski definition) is 1. The van der Waals surface area contributed by atoms with Crippen molar-refractivity contribution in [2.75, 3.05) is 0 Å². The zero-order valence-corrected chi connectivity index (χ0v) is 9.16. The van der Waals surface area contributed by atoms with Crippen molar-refractivity contribution in [1.82, 2.24) is 5.32 Å². The maximum Gasteiger partial charge on any atom is 0.0159 e. The predicted octanol–water partition coefficient (Wildman–Crippen LogP) is 3.24. The van der Waals surface area contributed by atoms with Gasteiger partial charge >= 0.3 is 0 Å². The Hall–Kier alpha value is -0.0400. The summed E-state index contributed by atoms with van der Waals surface area (Å²) in [6, 6.07) is 0. The summed E-state index contributed by atoms with van der Waals surface area (Å²) in [6.45, 7) is 4.84. The minimum Gasteiger partial charge on any atom is -0.306 e. The van der Waals surface area contributed by atoms with Gasteiger partial charge in [0.05, 0.1) is 0 Å². The van der Waals surface area contributed by atoms with Crippen molar-refractivity contribution >= 4 is 0 Å². The molecule has 1 heteroatoms. The molecule has 0 saturated carbocycles. The number of rotatable bonds is 0. The third-order valence-electron chi connectivity index (χ3n) is 4.04. The lowest BCUT2D eigenvalue weighted by molar-refractivity contribution is 0.301. The number of fused-ring (bicyclic) bond motifs is 2. The van der Waals surface area contributed by atoms with E-state index in [9.17, 15) is 0 Å². The molecule has 2 atom stereocenters. The van der Waals surface area contributed by atoms with E-state index in [0.717, 1.165) is 0 Å². The highest BCUT2D eigenvalue weighted by Gasteiger charge is 2.41. The zero-order chi connectivity index (χ0) is 9.36. The van der Waals surface area contributed by atoms with Crippen LogP contribution in [-0.2, 0) is 0 Å². The predicted molar refractivity (Wildman–Crippen MR) is 56.9 cm³/mol. The van der Waals surface area contributed by atoms with Gasteiger partial charge < -0.3 is 5.32 Å². The van der Waals surface area contributed by atoms with Crippen molar-refractivity contribution in [2.45, 2.75) is 76.3 Å². The van der Waals surface area contributed by atoms with Gasteiger partial charge in [-0.05, 0) is 39.5 Å². The summed E-state index contributed by atoms with van der Waals surface area (Å²) in [5.74, 6) is 0. The van der Waals surface area contributed by atoms with Crippen LogP contribution in [-0.4, -0.2) is 11.1 Å². The summed E-state index contributed by atoms with van der Waals surface area (Å²) in [6.07, 6.45) is 11.3. The van der Waals surface area contributed by atoms with Gasteiger partial charge in [0.25, 0.3) is 0 Å². The Kier molecular flexibility index (Phi) is 2.39. The van der Waals surface area contributed by atoms with Gasteiger partial charge in [0, 0.05) is 11.1 Å². The normalized spacial score (nSPS) is 46.6. The standard InChI is InChI=1S/C12H23N/c1-11-7-5-3-4-6-8-12(2,13-11)10-9-11/h13H,3-10H2,1-2H3. The summed E-state index contributed by atoms with van der Waals surface area (Å²) in [5.41, 5.74) is 0.943. The van der Waals surface area contributed by atoms with Crippen LogP contribution in [0.25, 0.3) is 0 Å². The highest BCUT2D eigenvalue weighted by Crippen LogP contribution is 2.38. The van der Waals surface area contributed by atoms with Gasteiger partial charge in [0.1, 0.15) is 0 Å². The molecule has 0 aromatic carbocycles. The van der Waals surface area contributed by atoms with Crippen LogP contribution in [0.5, 0.6) is 0 Å². The molecule has 2 aliphatic rings. The second-order valence-corrected chi connectivity index (χ2v) is 5.66. The van der Waals surface area contributed by atoms with Crippen LogP contribution in [0.1, 0.15) is 65.2 Å². The Morgan fingerprint density at radius 1 is 0.692 bits per heavy atom. The van der Waals surface area contributed by atoms with Gasteiger partial charge in [-0.25, -0.2) is 0 Å². The van der Waals surface area contributed by atoms with Gasteiger partial charge in [-0.15, -0.1) is 0 Å². The summed E-state index contributed by atoms with van der Waals surface area (Å²) in [4.78, 5) is 0. The van der Waals surface area contributed by atoms with Crippen LogP contribution >= 0.6 is 0 Å². The molecule has 2 unspecified atom stereocenters. The molecular formula is C12H23N. The molecule has 2 bridgehead atoms. The van der Waals surface area contributed by atoms with Crippen molar-refractivity contribution in [3.8, 4) is 0 Å². The fourth-order valence-electron chi connectivity index (χ4n) is 3.16.